The van der Waals surface area contributed by atoms with Crippen LogP contribution in [0.1, 0.15) is 16.7 Å². The molecule has 0 atom stereocenters. The zero-order valence-electron chi connectivity index (χ0n) is 7.01. The summed E-state index contributed by atoms with van der Waals surface area (Å²) in [4.78, 5) is 0. The van der Waals surface area contributed by atoms with Crippen molar-refractivity contribution in [3.8, 4) is 0 Å². The first-order valence-electron chi connectivity index (χ1n) is 3.94. The van der Waals surface area contributed by atoms with Gasteiger partial charge in [-0.2, -0.15) is 0 Å². The van der Waals surface area contributed by atoms with E-state index in [2.05, 4.69) is 6.07 Å². The van der Waals surface area contributed by atoms with Gasteiger partial charge in [0.2, 0.25) is 0 Å². The summed E-state index contributed by atoms with van der Waals surface area (Å²) in [5.41, 5.74) is 19.6. The van der Waals surface area contributed by atoms with Crippen molar-refractivity contribution in [1.29, 1.82) is 0 Å². The fourth-order valence-electron chi connectivity index (χ4n) is 1.12. The Morgan fingerprint density at radius 2 is 1.67 bits per heavy atom. The number of nitrogens with two attached hydrogens (primary N) is 3. The molecule has 0 aliphatic carbocycles. The third-order valence-electron chi connectivity index (χ3n) is 1.85. The summed E-state index contributed by atoms with van der Waals surface area (Å²) >= 11 is 0. The highest BCUT2D eigenvalue weighted by Gasteiger charge is 1.99. The first-order valence-corrected chi connectivity index (χ1v) is 3.94. The van der Waals surface area contributed by atoms with Crippen LogP contribution in [0.15, 0.2) is 12.1 Å². The van der Waals surface area contributed by atoms with Crippen LogP contribution in [0.5, 0.6) is 0 Å². The molecule has 0 saturated heterocycles. The predicted octanol–water partition coefficient (Wildman–Crippen LogP) is -0.137. The molecule has 1 radical (unpaired) electrons. The molecule has 3 nitrogen and oxygen atoms in total. The fraction of sp³-hybridized carbons (Fsp3) is 0.333. The first kappa shape index (κ1) is 9.19. The maximum atomic E-state index is 5.54. The maximum Gasteiger partial charge on any atom is 0.0184 e. The lowest BCUT2D eigenvalue weighted by Gasteiger charge is -2.06. The SMILES string of the molecule is NCc1[c]cc(CN)c(CN)c1. The van der Waals surface area contributed by atoms with Gasteiger partial charge in [-0.1, -0.05) is 6.07 Å². The van der Waals surface area contributed by atoms with E-state index in [9.17, 15) is 0 Å². The molecule has 0 unspecified atom stereocenters. The molecule has 0 aliphatic rings. The Morgan fingerprint density at radius 1 is 1.00 bits per heavy atom. The Hall–Kier alpha value is -0.900. The minimum absolute atomic E-state index is 0.498. The van der Waals surface area contributed by atoms with Crippen LogP contribution < -0.4 is 17.2 Å². The second kappa shape index (κ2) is 4.21. The van der Waals surface area contributed by atoms with Gasteiger partial charge < -0.3 is 17.2 Å². The topological polar surface area (TPSA) is 78.1 Å². The zero-order chi connectivity index (χ0) is 8.97. The van der Waals surface area contributed by atoms with Crippen molar-refractivity contribution in [3.63, 3.8) is 0 Å². The third-order valence-corrected chi connectivity index (χ3v) is 1.85. The number of rotatable bonds is 3. The summed E-state index contributed by atoms with van der Waals surface area (Å²) in [7, 11) is 0. The Bertz CT molecular complexity index is 258. The van der Waals surface area contributed by atoms with Gasteiger partial charge in [-0.25, -0.2) is 0 Å². The molecule has 65 valence electrons. The van der Waals surface area contributed by atoms with E-state index in [1.54, 1.807) is 0 Å². The molecule has 3 heteroatoms. The van der Waals surface area contributed by atoms with Crippen molar-refractivity contribution in [3.05, 3.63) is 34.9 Å². The summed E-state index contributed by atoms with van der Waals surface area (Å²) in [6, 6.07) is 6.88. The van der Waals surface area contributed by atoms with Crippen LogP contribution >= 0.6 is 0 Å². The lowest BCUT2D eigenvalue weighted by atomic mass is 10.0. The van der Waals surface area contributed by atoms with E-state index >= 15 is 0 Å². The summed E-state index contributed by atoms with van der Waals surface area (Å²) in [5.74, 6) is 0. The van der Waals surface area contributed by atoms with E-state index in [-0.39, 0.29) is 0 Å². The Morgan fingerprint density at radius 3 is 2.17 bits per heavy atom. The van der Waals surface area contributed by atoms with Gasteiger partial charge in [0.1, 0.15) is 0 Å². The number of hydrogen-bond acceptors (Lipinski definition) is 3. The van der Waals surface area contributed by atoms with E-state index < -0.39 is 0 Å². The van der Waals surface area contributed by atoms with Crippen LogP contribution in [-0.2, 0) is 19.6 Å². The van der Waals surface area contributed by atoms with Crippen LogP contribution in [0.25, 0.3) is 0 Å². The molecule has 0 bridgehead atoms. The maximum absolute atomic E-state index is 5.54. The molecule has 1 aromatic carbocycles. The quantitative estimate of drug-likeness (QED) is 0.582. The third kappa shape index (κ3) is 1.82. The van der Waals surface area contributed by atoms with Crippen LogP contribution in [-0.4, -0.2) is 0 Å². The first-order chi connectivity index (χ1) is 5.81. The smallest absolute Gasteiger partial charge is 0.0184 e. The minimum atomic E-state index is 0.498. The van der Waals surface area contributed by atoms with Crippen molar-refractivity contribution in [2.75, 3.05) is 0 Å². The average Bonchev–Trinajstić information content (AvgIpc) is 2.16. The van der Waals surface area contributed by atoms with Crippen LogP contribution in [0, 0.1) is 6.07 Å². The van der Waals surface area contributed by atoms with E-state index in [0.29, 0.717) is 19.6 Å². The van der Waals surface area contributed by atoms with Gasteiger partial charge in [0.05, 0.1) is 0 Å². The zero-order valence-corrected chi connectivity index (χ0v) is 7.01. The number of hydrogen-bond donors (Lipinski definition) is 3. The van der Waals surface area contributed by atoms with Crippen molar-refractivity contribution >= 4 is 0 Å². The standard InChI is InChI=1S/C9H14N3/c10-4-7-1-2-8(5-11)9(3-7)6-12/h2-3H,4-6,10-12H2. The van der Waals surface area contributed by atoms with Gasteiger partial charge in [-0.05, 0) is 28.8 Å². The van der Waals surface area contributed by atoms with Gasteiger partial charge in [0, 0.05) is 19.6 Å². The highest BCUT2D eigenvalue weighted by atomic mass is 14.6. The molecule has 0 heterocycles. The molecule has 0 spiro atoms. The van der Waals surface area contributed by atoms with Crippen molar-refractivity contribution in [1.82, 2.24) is 0 Å². The lowest BCUT2D eigenvalue weighted by molar-refractivity contribution is 0.960. The number of benzene rings is 1. The van der Waals surface area contributed by atoms with Gasteiger partial charge in [0.25, 0.3) is 0 Å². The van der Waals surface area contributed by atoms with E-state index in [1.165, 1.54) is 0 Å². The van der Waals surface area contributed by atoms with Gasteiger partial charge in [-0.15, -0.1) is 0 Å². The van der Waals surface area contributed by atoms with Crippen molar-refractivity contribution < 1.29 is 0 Å². The normalized spacial score (nSPS) is 10.2. The Balaban J connectivity index is 3.02. The molecule has 0 aliphatic heterocycles. The fourth-order valence-corrected chi connectivity index (χ4v) is 1.12. The molecular formula is C9H14N3. The van der Waals surface area contributed by atoms with E-state index in [1.807, 2.05) is 12.1 Å². The summed E-state index contributed by atoms with van der Waals surface area (Å²) in [5, 5.41) is 0. The molecule has 0 amide bonds. The highest BCUT2D eigenvalue weighted by molar-refractivity contribution is 5.30. The van der Waals surface area contributed by atoms with Gasteiger partial charge in [-0.3, -0.25) is 0 Å². The second-order valence-electron chi connectivity index (χ2n) is 2.62. The van der Waals surface area contributed by atoms with Crippen LogP contribution in [0.4, 0.5) is 0 Å². The van der Waals surface area contributed by atoms with Crippen LogP contribution in [0.2, 0.25) is 0 Å². The second-order valence-corrected chi connectivity index (χ2v) is 2.62. The van der Waals surface area contributed by atoms with E-state index in [4.69, 9.17) is 17.2 Å². The average molecular weight is 164 g/mol. The molecule has 1 rings (SSSR count). The molecule has 6 N–H and O–H groups in total. The summed E-state index contributed by atoms with van der Waals surface area (Å²) in [6.07, 6.45) is 0. The predicted molar refractivity (Wildman–Crippen MR) is 49.0 cm³/mol. The minimum Gasteiger partial charge on any atom is -0.326 e. The largest absolute Gasteiger partial charge is 0.326 e. The molecule has 12 heavy (non-hydrogen) atoms. The molecule has 0 fully saturated rings. The van der Waals surface area contributed by atoms with Crippen molar-refractivity contribution in [2.45, 2.75) is 19.6 Å². The van der Waals surface area contributed by atoms with Crippen LogP contribution in [0.3, 0.4) is 0 Å². The summed E-state index contributed by atoms with van der Waals surface area (Å²) in [6.45, 7) is 1.51. The lowest BCUT2D eigenvalue weighted by Crippen LogP contribution is -2.08. The highest BCUT2D eigenvalue weighted by Crippen LogP contribution is 2.09. The molecule has 0 saturated carbocycles. The monoisotopic (exact) mass is 164 g/mol. The summed E-state index contributed by atoms with van der Waals surface area (Å²) < 4.78 is 0. The van der Waals surface area contributed by atoms with Crippen molar-refractivity contribution in [2.24, 2.45) is 17.2 Å². The Labute approximate surface area is 72.5 Å². The molecule has 1 aromatic rings. The van der Waals surface area contributed by atoms with Gasteiger partial charge >= 0.3 is 0 Å². The van der Waals surface area contributed by atoms with E-state index in [0.717, 1.165) is 16.7 Å². The Kier molecular flexibility index (Phi) is 3.22. The van der Waals surface area contributed by atoms with Gasteiger partial charge in [0.15, 0.2) is 0 Å². The molecule has 0 aromatic heterocycles. The molecular weight excluding hydrogens is 150 g/mol.